The van der Waals surface area contributed by atoms with Crippen LogP contribution in [0.25, 0.3) is 0 Å². The number of nitro benzene ring substituents is 1. The molecule has 2 N–H and O–H groups in total. The van der Waals surface area contributed by atoms with Crippen LogP contribution in [0.15, 0.2) is 18.2 Å². The summed E-state index contributed by atoms with van der Waals surface area (Å²) in [5.41, 5.74) is 1.13. The zero-order valence-corrected chi connectivity index (χ0v) is 11.7. The van der Waals surface area contributed by atoms with Crippen LogP contribution >= 0.6 is 0 Å². The van der Waals surface area contributed by atoms with Gasteiger partial charge in [0.1, 0.15) is 5.69 Å². The van der Waals surface area contributed by atoms with Crippen molar-refractivity contribution in [2.45, 2.75) is 13.8 Å². The van der Waals surface area contributed by atoms with Crippen LogP contribution in [0.4, 0.5) is 11.4 Å². The summed E-state index contributed by atoms with van der Waals surface area (Å²) in [5, 5.41) is 13.6. The predicted octanol–water partition coefficient (Wildman–Crippen LogP) is 1.25. The van der Waals surface area contributed by atoms with E-state index in [4.69, 9.17) is 0 Å². The fourth-order valence-electron chi connectivity index (χ4n) is 1.56. The highest BCUT2D eigenvalue weighted by Crippen LogP contribution is 2.24. The second kappa shape index (κ2) is 6.48. The Balaban J connectivity index is 2.73. The van der Waals surface area contributed by atoms with Gasteiger partial charge in [0, 0.05) is 19.2 Å². The average Bonchev–Trinajstić information content (AvgIpc) is 2.28. The molecule has 0 amide bonds. The summed E-state index contributed by atoms with van der Waals surface area (Å²) in [4.78, 5) is 10.3. The Morgan fingerprint density at radius 2 is 2.05 bits per heavy atom. The molecule has 19 heavy (non-hydrogen) atoms. The molecule has 0 spiro atoms. The van der Waals surface area contributed by atoms with Crippen molar-refractivity contribution in [1.29, 1.82) is 0 Å². The summed E-state index contributed by atoms with van der Waals surface area (Å²) in [6.07, 6.45) is 0. The average molecular weight is 287 g/mol. The number of aryl methyl sites for hydroxylation is 1. The molecule has 0 aliphatic heterocycles. The van der Waals surface area contributed by atoms with Gasteiger partial charge in [0.25, 0.3) is 5.69 Å². The molecule has 0 saturated carbocycles. The van der Waals surface area contributed by atoms with Gasteiger partial charge >= 0.3 is 0 Å². The highest BCUT2D eigenvalue weighted by Gasteiger charge is 2.14. The van der Waals surface area contributed by atoms with Crippen molar-refractivity contribution in [3.63, 3.8) is 0 Å². The molecule has 7 nitrogen and oxygen atoms in total. The fourth-order valence-corrected chi connectivity index (χ4v) is 2.52. The molecular weight excluding hydrogens is 270 g/mol. The summed E-state index contributed by atoms with van der Waals surface area (Å²) in [6, 6.07) is 4.66. The lowest BCUT2D eigenvalue weighted by atomic mass is 10.2. The van der Waals surface area contributed by atoms with Crippen molar-refractivity contribution in [1.82, 2.24) is 4.72 Å². The fraction of sp³-hybridized carbons (Fsp3) is 0.455. The van der Waals surface area contributed by atoms with Crippen molar-refractivity contribution in [2.75, 3.05) is 24.2 Å². The largest absolute Gasteiger partial charge is 0.378 e. The quantitative estimate of drug-likeness (QED) is 0.580. The number of nitro groups is 1. The van der Waals surface area contributed by atoms with E-state index < -0.39 is 14.9 Å². The number of rotatable bonds is 7. The second-order valence-corrected chi connectivity index (χ2v) is 5.95. The van der Waals surface area contributed by atoms with E-state index >= 15 is 0 Å². The van der Waals surface area contributed by atoms with Gasteiger partial charge in [-0.15, -0.1) is 0 Å². The van der Waals surface area contributed by atoms with Gasteiger partial charge in [0.15, 0.2) is 0 Å². The normalized spacial score (nSPS) is 11.3. The van der Waals surface area contributed by atoms with E-state index in [1.54, 1.807) is 19.1 Å². The third-order valence-electron chi connectivity index (χ3n) is 2.40. The monoisotopic (exact) mass is 287 g/mol. The van der Waals surface area contributed by atoms with Gasteiger partial charge in [-0.2, -0.15) is 0 Å². The van der Waals surface area contributed by atoms with Gasteiger partial charge < -0.3 is 5.32 Å². The number of nitrogens with zero attached hydrogens (tertiary/aromatic N) is 1. The van der Waals surface area contributed by atoms with Crippen molar-refractivity contribution < 1.29 is 13.3 Å². The highest BCUT2D eigenvalue weighted by atomic mass is 32.2. The van der Waals surface area contributed by atoms with E-state index in [9.17, 15) is 18.5 Å². The third-order valence-corrected chi connectivity index (χ3v) is 3.87. The standard InChI is InChI=1S/C11H17N3O4S/c1-3-13-19(17,18)7-6-12-10-8-9(2)4-5-11(10)14(15)16/h4-5,8,12-13H,3,6-7H2,1-2H3. The maximum absolute atomic E-state index is 11.4. The molecule has 0 heterocycles. The van der Waals surface area contributed by atoms with Gasteiger partial charge in [-0.3, -0.25) is 10.1 Å². The van der Waals surface area contributed by atoms with E-state index in [-0.39, 0.29) is 18.0 Å². The number of benzene rings is 1. The van der Waals surface area contributed by atoms with Crippen LogP contribution < -0.4 is 10.0 Å². The van der Waals surface area contributed by atoms with E-state index in [2.05, 4.69) is 10.0 Å². The topological polar surface area (TPSA) is 101 Å². The molecule has 0 atom stereocenters. The van der Waals surface area contributed by atoms with Crippen LogP contribution in [0.5, 0.6) is 0 Å². The first-order valence-electron chi connectivity index (χ1n) is 5.82. The van der Waals surface area contributed by atoms with Gasteiger partial charge in [-0.05, 0) is 18.6 Å². The lowest BCUT2D eigenvalue weighted by molar-refractivity contribution is -0.384. The zero-order valence-electron chi connectivity index (χ0n) is 10.8. The third kappa shape index (κ3) is 4.84. The molecule has 8 heteroatoms. The first-order valence-corrected chi connectivity index (χ1v) is 7.47. The molecule has 0 radical (unpaired) electrons. The minimum Gasteiger partial charge on any atom is -0.378 e. The summed E-state index contributed by atoms with van der Waals surface area (Å²) in [6.45, 7) is 3.94. The highest BCUT2D eigenvalue weighted by molar-refractivity contribution is 7.89. The van der Waals surface area contributed by atoms with Crippen LogP contribution in [0.1, 0.15) is 12.5 Å². The molecule has 0 bridgehead atoms. The SMILES string of the molecule is CCNS(=O)(=O)CCNc1cc(C)ccc1[N+](=O)[O-]. The van der Waals surface area contributed by atoms with Crippen LogP contribution in [-0.2, 0) is 10.0 Å². The molecule has 0 fully saturated rings. The molecular formula is C11H17N3O4S. The molecule has 0 aliphatic rings. The first-order chi connectivity index (χ1) is 8.85. The van der Waals surface area contributed by atoms with Crippen LogP contribution in [0, 0.1) is 17.0 Å². The van der Waals surface area contributed by atoms with E-state index in [1.165, 1.54) is 6.07 Å². The van der Waals surface area contributed by atoms with E-state index in [1.807, 2.05) is 6.92 Å². The molecule has 0 aromatic heterocycles. The van der Waals surface area contributed by atoms with Crippen LogP contribution in [0.2, 0.25) is 0 Å². The van der Waals surface area contributed by atoms with Gasteiger partial charge in [0.2, 0.25) is 10.0 Å². The zero-order chi connectivity index (χ0) is 14.5. The molecule has 1 aromatic rings. The van der Waals surface area contributed by atoms with E-state index in [0.717, 1.165) is 5.56 Å². The van der Waals surface area contributed by atoms with Crippen molar-refractivity contribution >= 4 is 21.4 Å². The number of nitrogens with one attached hydrogen (secondary N) is 2. The summed E-state index contributed by atoms with van der Waals surface area (Å²) < 4.78 is 25.2. The Kier molecular flexibility index (Phi) is 5.25. The predicted molar refractivity (Wildman–Crippen MR) is 73.8 cm³/mol. The summed E-state index contributed by atoms with van der Waals surface area (Å²) >= 11 is 0. The van der Waals surface area contributed by atoms with Crippen molar-refractivity contribution in [3.8, 4) is 0 Å². The van der Waals surface area contributed by atoms with Gasteiger partial charge in [0.05, 0.1) is 10.7 Å². The maximum atomic E-state index is 11.4. The first kappa shape index (κ1) is 15.4. The van der Waals surface area contributed by atoms with Crippen LogP contribution in [0.3, 0.4) is 0 Å². The smallest absolute Gasteiger partial charge is 0.292 e. The molecule has 1 aromatic carbocycles. The summed E-state index contributed by atoms with van der Waals surface area (Å²) in [7, 11) is -3.33. The Morgan fingerprint density at radius 3 is 2.63 bits per heavy atom. The number of hydrogen-bond donors (Lipinski definition) is 2. The number of anilines is 1. The number of hydrogen-bond acceptors (Lipinski definition) is 5. The minimum absolute atomic E-state index is 0.0635. The molecule has 0 unspecified atom stereocenters. The Hall–Kier alpha value is -1.67. The maximum Gasteiger partial charge on any atom is 0.292 e. The molecule has 1 rings (SSSR count). The Morgan fingerprint density at radius 1 is 1.37 bits per heavy atom. The molecule has 0 saturated heterocycles. The minimum atomic E-state index is -3.33. The summed E-state index contributed by atoms with van der Waals surface area (Å²) in [5.74, 6) is -0.133. The van der Waals surface area contributed by atoms with Gasteiger partial charge in [-0.1, -0.05) is 13.0 Å². The second-order valence-electron chi connectivity index (χ2n) is 4.02. The lowest BCUT2D eigenvalue weighted by Gasteiger charge is -2.08. The van der Waals surface area contributed by atoms with Crippen molar-refractivity contribution in [2.24, 2.45) is 0 Å². The Labute approximate surface area is 112 Å². The molecule has 0 aliphatic carbocycles. The Bertz CT molecular complexity index is 557. The van der Waals surface area contributed by atoms with Crippen molar-refractivity contribution in [3.05, 3.63) is 33.9 Å². The van der Waals surface area contributed by atoms with Gasteiger partial charge in [-0.25, -0.2) is 13.1 Å². The molecule has 106 valence electrons. The van der Waals surface area contributed by atoms with E-state index in [0.29, 0.717) is 12.2 Å². The number of sulfonamides is 1. The van der Waals surface area contributed by atoms with Crippen LogP contribution in [-0.4, -0.2) is 32.2 Å². The lowest BCUT2D eigenvalue weighted by Crippen LogP contribution is -2.29.